The van der Waals surface area contributed by atoms with E-state index < -0.39 is 30.2 Å². The van der Waals surface area contributed by atoms with Crippen LogP contribution >= 0.6 is 0 Å². The van der Waals surface area contributed by atoms with Gasteiger partial charge in [-0.15, -0.1) is 0 Å². The van der Waals surface area contributed by atoms with Crippen LogP contribution in [0.1, 0.15) is 34.3 Å². The molecule has 0 spiro atoms. The van der Waals surface area contributed by atoms with Gasteiger partial charge in [0.2, 0.25) is 5.89 Å². The normalized spacial score (nSPS) is 11.8. The lowest BCUT2D eigenvalue weighted by Gasteiger charge is -2.17. The summed E-state index contributed by atoms with van der Waals surface area (Å²) in [5.74, 6) is -1.82. The summed E-state index contributed by atoms with van der Waals surface area (Å²) >= 11 is 0. The highest BCUT2D eigenvalue weighted by Crippen LogP contribution is 2.24. The summed E-state index contributed by atoms with van der Waals surface area (Å²) in [6.45, 7) is 1.59. The molecule has 1 amide bonds. The van der Waals surface area contributed by atoms with Gasteiger partial charge in [-0.25, -0.2) is 9.37 Å². The fourth-order valence-electron chi connectivity index (χ4n) is 2.71. The first-order chi connectivity index (χ1) is 13.0. The third-order valence-electron chi connectivity index (χ3n) is 4.00. The molecule has 0 aliphatic heterocycles. The fraction of sp³-hybridized carbons (Fsp3) is 0.150. The number of benzene rings is 2. The summed E-state index contributed by atoms with van der Waals surface area (Å²) in [4.78, 5) is 28.0. The lowest BCUT2D eigenvalue weighted by atomic mass is 10.0. The standard InChI is InChI=1S/C20H17FN2O4/c1-12-18(23-20(27-12)13-7-3-2-4-8-13)19(26)22-16(11-17(24)25)14-9-5-6-10-15(14)21/h2-10,16H,11H2,1H3,(H,22,26)(H,24,25)/t16-/m0/s1. The van der Waals surface area contributed by atoms with E-state index >= 15 is 0 Å². The van der Waals surface area contributed by atoms with Crippen LogP contribution in [0.3, 0.4) is 0 Å². The molecule has 138 valence electrons. The predicted octanol–water partition coefficient (Wildman–Crippen LogP) is 3.73. The van der Waals surface area contributed by atoms with Crippen molar-refractivity contribution in [2.24, 2.45) is 0 Å². The summed E-state index contributed by atoms with van der Waals surface area (Å²) in [5.41, 5.74) is 0.828. The predicted molar refractivity (Wildman–Crippen MR) is 95.5 cm³/mol. The molecule has 2 N–H and O–H groups in total. The Hall–Kier alpha value is -3.48. The number of nitrogens with zero attached hydrogens (tertiary/aromatic N) is 1. The number of halogens is 1. The maximum atomic E-state index is 14.1. The van der Waals surface area contributed by atoms with Gasteiger partial charge in [0.25, 0.3) is 5.91 Å². The van der Waals surface area contributed by atoms with Crippen LogP contribution in [0.2, 0.25) is 0 Å². The Kier molecular flexibility index (Phi) is 5.30. The third kappa shape index (κ3) is 4.20. The van der Waals surface area contributed by atoms with Gasteiger partial charge in [0.15, 0.2) is 5.69 Å². The smallest absolute Gasteiger partial charge is 0.305 e. The Morgan fingerprint density at radius 1 is 1.15 bits per heavy atom. The molecule has 0 aliphatic carbocycles. The first-order valence-electron chi connectivity index (χ1n) is 8.25. The molecule has 0 fully saturated rings. The van der Waals surface area contributed by atoms with Crippen molar-refractivity contribution in [2.75, 3.05) is 0 Å². The van der Waals surface area contributed by atoms with E-state index in [9.17, 15) is 14.0 Å². The van der Waals surface area contributed by atoms with Crippen LogP contribution in [0, 0.1) is 12.7 Å². The highest BCUT2D eigenvalue weighted by Gasteiger charge is 2.25. The molecule has 0 saturated heterocycles. The van der Waals surface area contributed by atoms with Crippen molar-refractivity contribution >= 4 is 11.9 Å². The zero-order valence-electron chi connectivity index (χ0n) is 14.5. The number of oxazole rings is 1. The molecule has 2 aromatic carbocycles. The largest absolute Gasteiger partial charge is 0.481 e. The van der Waals surface area contributed by atoms with Gasteiger partial charge in [0.05, 0.1) is 12.5 Å². The molecule has 1 aromatic heterocycles. The second-order valence-corrected chi connectivity index (χ2v) is 5.94. The molecule has 0 bridgehead atoms. The van der Waals surface area contributed by atoms with Gasteiger partial charge >= 0.3 is 5.97 Å². The van der Waals surface area contributed by atoms with Gasteiger partial charge in [-0.05, 0) is 25.1 Å². The third-order valence-corrected chi connectivity index (χ3v) is 4.00. The Balaban J connectivity index is 1.87. The van der Waals surface area contributed by atoms with Gasteiger partial charge in [-0.2, -0.15) is 0 Å². The Morgan fingerprint density at radius 3 is 2.48 bits per heavy atom. The van der Waals surface area contributed by atoms with E-state index in [1.165, 1.54) is 18.2 Å². The molecule has 0 saturated carbocycles. The summed E-state index contributed by atoms with van der Waals surface area (Å²) in [6.07, 6.45) is -0.463. The quantitative estimate of drug-likeness (QED) is 0.691. The van der Waals surface area contributed by atoms with E-state index in [4.69, 9.17) is 9.52 Å². The summed E-state index contributed by atoms with van der Waals surface area (Å²) in [6, 6.07) is 13.7. The molecule has 7 heteroatoms. The van der Waals surface area contributed by atoms with E-state index in [1.54, 1.807) is 25.1 Å². The monoisotopic (exact) mass is 368 g/mol. The number of aryl methyl sites for hydroxylation is 1. The van der Waals surface area contributed by atoms with Crippen LogP contribution in [0.25, 0.3) is 11.5 Å². The summed E-state index contributed by atoms with van der Waals surface area (Å²) in [7, 11) is 0. The zero-order valence-corrected chi connectivity index (χ0v) is 14.5. The van der Waals surface area contributed by atoms with Crippen molar-refractivity contribution in [2.45, 2.75) is 19.4 Å². The second kappa shape index (κ2) is 7.82. The number of carboxylic acid groups (broad SMARTS) is 1. The van der Waals surface area contributed by atoms with Crippen LogP contribution in [0.15, 0.2) is 59.0 Å². The number of carbonyl (C=O) groups is 2. The Bertz CT molecular complexity index is 969. The molecule has 6 nitrogen and oxygen atoms in total. The molecule has 3 rings (SSSR count). The van der Waals surface area contributed by atoms with Gasteiger partial charge in [0.1, 0.15) is 11.6 Å². The van der Waals surface area contributed by atoms with E-state index in [1.807, 2.05) is 18.2 Å². The molecule has 0 radical (unpaired) electrons. The van der Waals surface area contributed by atoms with Gasteiger partial charge in [0, 0.05) is 11.1 Å². The van der Waals surface area contributed by atoms with Crippen molar-refractivity contribution in [1.29, 1.82) is 0 Å². The first kappa shape index (κ1) is 18.3. The molecule has 0 unspecified atom stereocenters. The molecule has 27 heavy (non-hydrogen) atoms. The van der Waals surface area contributed by atoms with E-state index in [-0.39, 0.29) is 22.9 Å². The molecule has 0 aliphatic rings. The molecule has 1 atom stereocenters. The van der Waals surface area contributed by atoms with E-state index in [0.29, 0.717) is 5.56 Å². The van der Waals surface area contributed by atoms with Crippen molar-refractivity contribution in [3.05, 3.63) is 77.4 Å². The minimum atomic E-state index is -1.16. The van der Waals surface area contributed by atoms with Gasteiger partial charge in [-0.3, -0.25) is 9.59 Å². The number of aromatic nitrogens is 1. The second-order valence-electron chi connectivity index (χ2n) is 5.94. The van der Waals surface area contributed by atoms with E-state index in [2.05, 4.69) is 10.3 Å². The Morgan fingerprint density at radius 2 is 1.81 bits per heavy atom. The Labute approximate surface area is 154 Å². The average Bonchev–Trinajstić information content (AvgIpc) is 3.04. The lowest BCUT2D eigenvalue weighted by Crippen LogP contribution is -2.31. The van der Waals surface area contributed by atoms with Crippen LogP contribution in [-0.4, -0.2) is 22.0 Å². The molecular weight excluding hydrogens is 351 g/mol. The number of rotatable bonds is 6. The maximum Gasteiger partial charge on any atom is 0.305 e. The summed E-state index contributed by atoms with van der Waals surface area (Å²) < 4.78 is 19.6. The number of aliphatic carboxylic acids is 1. The fourth-order valence-corrected chi connectivity index (χ4v) is 2.71. The van der Waals surface area contributed by atoms with Crippen LogP contribution in [0.4, 0.5) is 4.39 Å². The SMILES string of the molecule is Cc1oc(-c2ccccc2)nc1C(=O)N[C@@H](CC(=O)O)c1ccccc1F. The van der Waals surface area contributed by atoms with Gasteiger partial charge < -0.3 is 14.8 Å². The van der Waals surface area contributed by atoms with Crippen LogP contribution in [0.5, 0.6) is 0 Å². The lowest BCUT2D eigenvalue weighted by molar-refractivity contribution is -0.137. The minimum absolute atomic E-state index is 0.0283. The summed E-state index contributed by atoms with van der Waals surface area (Å²) in [5, 5.41) is 11.7. The number of carbonyl (C=O) groups excluding carboxylic acids is 1. The van der Waals surface area contributed by atoms with Crippen LogP contribution < -0.4 is 5.32 Å². The topological polar surface area (TPSA) is 92.4 Å². The highest BCUT2D eigenvalue weighted by atomic mass is 19.1. The van der Waals surface area contributed by atoms with E-state index in [0.717, 1.165) is 0 Å². The highest BCUT2D eigenvalue weighted by molar-refractivity contribution is 5.94. The van der Waals surface area contributed by atoms with Crippen molar-refractivity contribution in [3.63, 3.8) is 0 Å². The number of carboxylic acids is 1. The van der Waals surface area contributed by atoms with Crippen molar-refractivity contribution in [1.82, 2.24) is 10.3 Å². The first-order valence-corrected chi connectivity index (χ1v) is 8.25. The van der Waals surface area contributed by atoms with Crippen LogP contribution in [-0.2, 0) is 4.79 Å². The van der Waals surface area contributed by atoms with Gasteiger partial charge in [-0.1, -0.05) is 36.4 Å². The number of amides is 1. The molecular formula is C20H17FN2O4. The number of hydrogen-bond acceptors (Lipinski definition) is 4. The molecule has 1 heterocycles. The van der Waals surface area contributed by atoms with Crippen molar-refractivity contribution in [3.8, 4) is 11.5 Å². The average molecular weight is 368 g/mol. The van der Waals surface area contributed by atoms with Crippen molar-refractivity contribution < 1.29 is 23.5 Å². The molecule has 3 aromatic rings. The number of hydrogen-bond donors (Lipinski definition) is 2. The number of nitrogens with one attached hydrogen (secondary N) is 1. The zero-order chi connectivity index (χ0) is 19.4. The minimum Gasteiger partial charge on any atom is -0.481 e. The maximum absolute atomic E-state index is 14.1.